The minimum Gasteiger partial charge on any atom is -0.501 e. The molecule has 0 fully saturated rings. The molecule has 1 aromatic carbocycles. The van der Waals surface area contributed by atoms with Gasteiger partial charge in [-0.3, -0.25) is 14.2 Å². The van der Waals surface area contributed by atoms with Crippen LogP contribution < -0.4 is 16.2 Å². The van der Waals surface area contributed by atoms with Crippen LogP contribution >= 0.6 is 0 Å². The summed E-state index contributed by atoms with van der Waals surface area (Å²) < 4.78 is 19.3. The maximum Gasteiger partial charge on any atom is 0.309 e. The lowest BCUT2D eigenvalue weighted by Crippen LogP contribution is -2.45. The van der Waals surface area contributed by atoms with Gasteiger partial charge in [0.05, 0.1) is 11.2 Å². The van der Waals surface area contributed by atoms with Gasteiger partial charge in [-0.1, -0.05) is 18.7 Å². The van der Waals surface area contributed by atoms with Gasteiger partial charge in [0.1, 0.15) is 17.3 Å². The number of nitrogens with one attached hydrogen (secondary N) is 2. The molecule has 168 valence electrons. The Morgan fingerprint density at radius 3 is 2.53 bits per heavy atom. The second-order valence-corrected chi connectivity index (χ2v) is 7.66. The molecule has 0 saturated heterocycles. The molecule has 2 aromatic heterocycles. The van der Waals surface area contributed by atoms with Gasteiger partial charge in [-0.05, 0) is 31.5 Å². The number of carbonyl (C=O) groups is 1. The van der Waals surface area contributed by atoms with Gasteiger partial charge >= 0.3 is 11.8 Å². The number of aromatic nitrogens is 4. The summed E-state index contributed by atoms with van der Waals surface area (Å²) >= 11 is 0. The number of aryl methyl sites for hydroxylation is 1. The minimum atomic E-state index is -1.16. The topological polar surface area (TPSA) is 135 Å². The number of halogens is 1. The van der Waals surface area contributed by atoms with Gasteiger partial charge in [0.2, 0.25) is 11.6 Å². The molecule has 0 bridgehead atoms. The zero-order valence-corrected chi connectivity index (χ0v) is 18.1. The van der Waals surface area contributed by atoms with Crippen molar-refractivity contribution < 1.29 is 18.7 Å². The number of rotatable bonds is 7. The first-order valence-electron chi connectivity index (χ1n) is 9.60. The molecular weight excluding hydrogens is 419 g/mol. The Balaban J connectivity index is 1.88. The van der Waals surface area contributed by atoms with Gasteiger partial charge in [0.25, 0.3) is 5.56 Å². The van der Waals surface area contributed by atoms with Crippen LogP contribution in [0.4, 0.5) is 4.39 Å². The van der Waals surface area contributed by atoms with Gasteiger partial charge < -0.3 is 20.2 Å². The van der Waals surface area contributed by atoms with Gasteiger partial charge in [-0.25, -0.2) is 9.37 Å². The first kappa shape index (κ1) is 22.7. The van der Waals surface area contributed by atoms with Crippen molar-refractivity contribution in [3.63, 3.8) is 0 Å². The molecule has 0 spiro atoms. The maximum atomic E-state index is 13.1. The van der Waals surface area contributed by atoms with Crippen molar-refractivity contribution >= 4 is 11.6 Å². The fraction of sp³-hybridized carbons (Fsp3) is 0.286. The molecule has 1 amide bonds. The fourth-order valence-electron chi connectivity index (χ4n) is 3.04. The predicted octanol–water partition coefficient (Wildman–Crippen LogP) is 1.74. The Morgan fingerprint density at radius 2 is 1.94 bits per heavy atom. The van der Waals surface area contributed by atoms with E-state index in [1.165, 1.54) is 19.2 Å². The summed E-state index contributed by atoms with van der Waals surface area (Å²) in [5, 5.41) is 23.3. The Labute approximate surface area is 182 Å². The van der Waals surface area contributed by atoms with Crippen molar-refractivity contribution in [1.82, 2.24) is 30.4 Å². The summed E-state index contributed by atoms with van der Waals surface area (Å²) in [5.74, 6) is -1.44. The summed E-state index contributed by atoms with van der Waals surface area (Å²) in [5.41, 5.74) is -1.00. The third-order valence-electron chi connectivity index (χ3n) is 4.68. The first-order chi connectivity index (χ1) is 15.0. The van der Waals surface area contributed by atoms with Crippen molar-refractivity contribution in [2.24, 2.45) is 7.05 Å². The predicted molar refractivity (Wildman–Crippen MR) is 113 cm³/mol. The van der Waals surface area contributed by atoms with Gasteiger partial charge in [0, 0.05) is 20.5 Å². The number of aromatic hydroxyl groups is 1. The van der Waals surface area contributed by atoms with Crippen LogP contribution in [0.3, 0.4) is 0 Å². The van der Waals surface area contributed by atoms with E-state index in [0.29, 0.717) is 0 Å². The second-order valence-electron chi connectivity index (χ2n) is 7.66. The number of hydrogen-bond acceptors (Lipinski definition) is 8. The molecule has 0 radical (unpaired) electrons. The lowest BCUT2D eigenvalue weighted by Gasteiger charge is -2.27. The molecule has 3 rings (SSSR count). The molecule has 32 heavy (non-hydrogen) atoms. The van der Waals surface area contributed by atoms with Crippen molar-refractivity contribution in [2.45, 2.75) is 32.9 Å². The van der Waals surface area contributed by atoms with Crippen LogP contribution in [0.2, 0.25) is 0 Å². The molecule has 0 atom stereocenters. The fourth-order valence-corrected chi connectivity index (χ4v) is 3.04. The molecule has 0 aliphatic heterocycles. The molecular formula is C21H23FN6O4. The standard InChI is InChI=1S/C21H23FN6O4/c1-11(23-10-13-6-8-14(22)9-7-13)15-16(29)19(31)28(5)20(24-15)21(3,4)25-17(30)18-27-26-12(2)32-18/h6-9,23,29H,1,10H2,2-5H3,(H,25,30). The number of amides is 1. The number of carbonyl (C=O) groups excluding carboxylic acids is 1. The highest BCUT2D eigenvalue weighted by Gasteiger charge is 2.32. The van der Waals surface area contributed by atoms with Crippen molar-refractivity contribution in [1.29, 1.82) is 0 Å². The van der Waals surface area contributed by atoms with Crippen molar-refractivity contribution in [3.8, 4) is 5.75 Å². The molecule has 3 N–H and O–H groups in total. The number of nitrogens with zero attached hydrogens (tertiary/aromatic N) is 4. The Morgan fingerprint density at radius 1 is 1.28 bits per heavy atom. The molecule has 0 aliphatic carbocycles. The van der Waals surface area contributed by atoms with E-state index in [2.05, 4.69) is 32.4 Å². The lowest BCUT2D eigenvalue weighted by molar-refractivity contribution is 0.0869. The molecule has 0 saturated carbocycles. The first-order valence-corrected chi connectivity index (χ1v) is 9.60. The van der Waals surface area contributed by atoms with E-state index in [-0.39, 0.29) is 41.4 Å². The molecule has 2 heterocycles. The normalized spacial score (nSPS) is 11.3. The van der Waals surface area contributed by atoms with Gasteiger partial charge in [-0.2, -0.15) is 0 Å². The third kappa shape index (κ3) is 4.66. The molecule has 11 heteroatoms. The Kier molecular flexibility index (Phi) is 6.10. The van der Waals surface area contributed by atoms with E-state index >= 15 is 0 Å². The van der Waals surface area contributed by atoms with Crippen molar-refractivity contribution in [3.05, 3.63) is 75.9 Å². The van der Waals surface area contributed by atoms with E-state index < -0.39 is 22.8 Å². The van der Waals surface area contributed by atoms with E-state index in [4.69, 9.17) is 4.42 Å². The number of hydrogen-bond donors (Lipinski definition) is 3. The van der Waals surface area contributed by atoms with Crippen LogP contribution in [0, 0.1) is 12.7 Å². The van der Waals surface area contributed by atoms with Gasteiger partial charge in [-0.15, -0.1) is 10.2 Å². The highest BCUT2D eigenvalue weighted by atomic mass is 19.1. The Bertz CT molecular complexity index is 1230. The summed E-state index contributed by atoms with van der Waals surface area (Å²) in [6.45, 7) is 8.93. The average Bonchev–Trinajstić information content (AvgIpc) is 3.17. The molecule has 3 aromatic rings. The number of benzene rings is 1. The zero-order chi connectivity index (χ0) is 23.6. The van der Waals surface area contributed by atoms with E-state index in [9.17, 15) is 19.1 Å². The van der Waals surface area contributed by atoms with Crippen LogP contribution in [0.5, 0.6) is 5.75 Å². The SMILES string of the molecule is C=C(NCc1ccc(F)cc1)c1nc(C(C)(C)NC(=O)c2nnc(C)o2)n(C)c(=O)c1O. The van der Waals surface area contributed by atoms with Crippen LogP contribution in [-0.4, -0.2) is 30.8 Å². The maximum absolute atomic E-state index is 13.1. The monoisotopic (exact) mass is 442 g/mol. The molecule has 0 unspecified atom stereocenters. The average molecular weight is 442 g/mol. The molecule has 10 nitrogen and oxygen atoms in total. The largest absolute Gasteiger partial charge is 0.501 e. The van der Waals surface area contributed by atoms with E-state index in [0.717, 1.165) is 10.1 Å². The highest BCUT2D eigenvalue weighted by Crippen LogP contribution is 2.23. The highest BCUT2D eigenvalue weighted by molar-refractivity contribution is 5.89. The summed E-state index contributed by atoms with van der Waals surface area (Å²) in [7, 11) is 1.42. The van der Waals surface area contributed by atoms with Crippen LogP contribution in [0.25, 0.3) is 5.70 Å². The second kappa shape index (κ2) is 8.61. The summed E-state index contributed by atoms with van der Waals surface area (Å²) in [4.78, 5) is 29.5. The molecule has 0 aliphatic rings. The summed E-state index contributed by atoms with van der Waals surface area (Å²) in [6, 6.07) is 5.83. The van der Waals surface area contributed by atoms with Crippen LogP contribution in [-0.2, 0) is 19.1 Å². The Hall–Kier alpha value is -4.02. The van der Waals surface area contributed by atoms with Crippen molar-refractivity contribution in [2.75, 3.05) is 0 Å². The third-order valence-corrected chi connectivity index (χ3v) is 4.68. The van der Waals surface area contributed by atoms with Gasteiger partial charge in [0.15, 0.2) is 0 Å². The smallest absolute Gasteiger partial charge is 0.309 e. The lowest BCUT2D eigenvalue weighted by atomic mass is 10.0. The minimum absolute atomic E-state index is 0.0684. The van der Waals surface area contributed by atoms with E-state index in [1.54, 1.807) is 32.9 Å². The van der Waals surface area contributed by atoms with Crippen LogP contribution in [0.1, 0.15) is 47.5 Å². The quantitative estimate of drug-likeness (QED) is 0.504. The summed E-state index contributed by atoms with van der Waals surface area (Å²) in [6.07, 6.45) is 0. The van der Waals surface area contributed by atoms with E-state index in [1.807, 2.05) is 0 Å². The zero-order valence-electron chi connectivity index (χ0n) is 18.1. The van der Waals surface area contributed by atoms with Crippen LogP contribution in [0.15, 0.2) is 40.1 Å².